The number of rotatable bonds is 4. The second kappa shape index (κ2) is 4.52. The van der Waals surface area contributed by atoms with Gasteiger partial charge < -0.3 is 5.32 Å². The van der Waals surface area contributed by atoms with E-state index < -0.39 is 0 Å². The zero-order valence-electron chi connectivity index (χ0n) is 11.7. The molecule has 0 atom stereocenters. The van der Waals surface area contributed by atoms with Crippen LogP contribution in [0.25, 0.3) is 0 Å². The summed E-state index contributed by atoms with van der Waals surface area (Å²) in [6.07, 6.45) is 8.68. The van der Waals surface area contributed by atoms with Gasteiger partial charge in [0.1, 0.15) is 0 Å². The number of hydrogen-bond donors (Lipinski definition) is 1. The summed E-state index contributed by atoms with van der Waals surface area (Å²) < 4.78 is 4.28. The minimum atomic E-state index is 0.409. The van der Waals surface area contributed by atoms with Crippen LogP contribution in [-0.4, -0.2) is 16.1 Å². The average molecular weight is 277 g/mol. The summed E-state index contributed by atoms with van der Waals surface area (Å²) >= 11 is 1.61. The van der Waals surface area contributed by atoms with Crippen LogP contribution in [0.5, 0.6) is 0 Å². The van der Waals surface area contributed by atoms with E-state index in [-0.39, 0.29) is 0 Å². The number of hydrogen-bond acceptors (Lipinski definition) is 4. The van der Waals surface area contributed by atoms with E-state index in [9.17, 15) is 0 Å². The minimum Gasteiger partial charge on any atom is -0.312 e. The molecule has 4 aliphatic rings. The van der Waals surface area contributed by atoms with Gasteiger partial charge in [-0.3, -0.25) is 0 Å². The lowest BCUT2D eigenvalue weighted by molar-refractivity contribution is -0.00761. The molecule has 0 spiro atoms. The van der Waals surface area contributed by atoms with Crippen LogP contribution in [-0.2, 0) is 12.0 Å². The standard InChI is InChI=1S/C15H23N3S/c1-2-16-9-13-14(17-18-19-13)15-6-10-3-11(7-15)5-12(4-10)8-15/h10-12,16H,2-9H2,1H3. The molecule has 0 unspecified atom stereocenters. The third kappa shape index (κ3) is 1.95. The zero-order chi connectivity index (χ0) is 12.9. The van der Waals surface area contributed by atoms with Crippen molar-refractivity contribution in [3.63, 3.8) is 0 Å². The quantitative estimate of drug-likeness (QED) is 0.919. The van der Waals surface area contributed by atoms with Gasteiger partial charge in [0, 0.05) is 12.0 Å². The Morgan fingerprint density at radius 2 is 1.79 bits per heavy atom. The van der Waals surface area contributed by atoms with Gasteiger partial charge in [-0.25, -0.2) is 0 Å². The highest BCUT2D eigenvalue weighted by atomic mass is 32.1. The summed E-state index contributed by atoms with van der Waals surface area (Å²) in [5.41, 5.74) is 1.78. The largest absolute Gasteiger partial charge is 0.312 e. The third-order valence-corrected chi connectivity index (χ3v) is 6.35. The monoisotopic (exact) mass is 277 g/mol. The van der Waals surface area contributed by atoms with Crippen molar-refractivity contribution in [1.82, 2.24) is 14.9 Å². The maximum atomic E-state index is 4.59. The molecule has 0 radical (unpaired) electrons. The van der Waals surface area contributed by atoms with E-state index >= 15 is 0 Å². The van der Waals surface area contributed by atoms with E-state index in [1.165, 1.54) is 49.1 Å². The molecular weight excluding hydrogens is 254 g/mol. The Balaban J connectivity index is 1.66. The molecule has 0 amide bonds. The van der Waals surface area contributed by atoms with Crippen molar-refractivity contribution >= 4 is 11.5 Å². The number of nitrogens with zero attached hydrogens (tertiary/aromatic N) is 2. The van der Waals surface area contributed by atoms with Crippen molar-refractivity contribution in [2.75, 3.05) is 6.54 Å². The Morgan fingerprint density at radius 1 is 1.16 bits per heavy atom. The summed E-state index contributed by atoms with van der Waals surface area (Å²) in [5, 5.41) is 8.04. The van der Waals surface area contributed by atoms with Gasteiger partial charge in [0.25, 0.3) is 0 Å². The molecule has 5 rings (SSSR count). The van der Waals surface area contributed by atoms with Gasteiger partial charge >= 0.3 is 0 Å². The SMILES string of the molecule is CCNCc1snnc1C12CC3CC(CC(C3)C1)C2. The van der Waals surface area contributed by atoms with Gasteiger partial charge in [-0.2, -0.15) is 0 Å². The predicted octanol–water partition coefficient (Wildman–Crippen LogP) is 3.12. The van der Waals surface area contributed by atoms with E-state index in [2.05, 4.69) is 21.8 Å². The Hall–Kier alpha value is -0.480. The first-order chi connectivity index (χ1) is 9.29. The van der Waals surface area contributed by atoms with Gasteiger partial charge in [-0.15, -0.1) is 5.10 Å². The molecule has 4 fully saturated rings. The van der Waals surface area contributed by atoms with Gasteiger partial charge in [0.2, 0.25) is 0 Å². The van der Waals surface area contributed by atoms with Crippen LogP contribution >= 0.6 is 11.5 Å². The third-order valence-electron chi connectivity index (χ3n) is 5.63. The first-order valence-corrected chi connectivity index (χ1v) is 8.59. The van der Waals surface area contributed by atoms with E-state index in [1.807, 2.05) is 0 Å². The maximum absolute atomic E-state index is 4.59. The first kappa shape index (κ1) is 12.3. The maximum Gasteiger partial charge on any atom is 0.0862 e. The van der Waals surface area contributed by atoms with Crippen LogP contribution in [0.4, 0.5) is 0 Å². The van der Waals surface area contributed by atoms with Crippen molar-refractivity contribution in [3.05, 3.63) is 10.6 Å². The fourth-order valence-corrected chi connectivity index (χ4v) is 6.10. The van der Waals surface area contributed by atoms with Gasteiger partial charge in [-0.05, 0) is 74.4 Å². The molecule has 104 valence electrons. The molecule has 0 aliphatic heterocycles. The van der Waals surface area contributed by atoms with Crippen LogP contribution in [0, 0.1) is 17.8 Å². The predicted molar refractivity (Wildman–Crippen MR) is 77.1 cm³/mol. The van der Waals surface area contributed by atoms with Crippen molar-refractivity contribution in [2.24, 2.45) is 17.8 Å². The molecular formula is C15H23N3S. The highest BCUT2D eigenvalue weighted by Crippen LogP contribution is 2.60. The fraction of sp³-hybridized carbons (Fsp3) is 0.867. The summed E-state index contributed by atoms with van der Waals surface area (Å²) in [6, 6.07) is 0. The Kier molecular flexibility index (Phi) is 2.92. The molecule has 1 aromatic heterocycles. The molecule has 19 heavy (non-hydrogen) atoms. The lowest BCUT2D eigenvalue weighted by Gasteiger charge is -2.56. The summed E-state index contributed by atoms with van der Waals surface area (Å²) in [5.74, 6) is 2.96. The summed E-state index contributed by atoms with van der Waals surface area (Å²) in [4.78, 5) is 1.41. The highest BCUT2D eigenvalue weighted by Gasteiger charge is 2.53. The fourth-order valence-electron chi connectivity index (χ4n) is 5.37. The Labute approximate surface area is 119 Å². The smallest absolute Gasteiger partial charge is 0.0862 e. The zero-order valence-corrected chi connectivity index (χ0v) is 12.5. The molecule has 1 heterocycles. The molecule has 1 N–H and O–H groups in total. The highest BCUT2D eigenvalue weighted by molar-refractivity contribution is 7.05. The van der Waals surface area contributed by atoms with Crippen molar-refractivity contribution in [2.45, 2.75) is 57.4 Å². The van der Waals surface area contributed by atoms with Gasteiger partial charge in [-0.1, -0.05) is 11.4 Å². The molecule has 4 heteroatoms. The molecule has 0 aromatic carbocycles. The summed E-state index contributed by atoms with van der Waals surface area (Å²) in [6.45, 7) is 4.16. The molecule has 1 aromatic rings. The molecule has 4 saturated carbocycles. The van der Waals surface area contributed by atoms with E-state index in [1.54, 1.807) is 11.5 Å². The van der Waals surface area contributed by atoms with Crippen molar-refractivity contribution in [3.8, 4) is 0 Å². The van der Waals surface area contributed by atoms with E-state index in [0.717, 1.165) is 30.8 Å². The number of nitrogens with one attached hydrogen (secondary N) is 1. The second-order valence-corrected chi connectivity index (χ2v) is 7.86. The average Bonchev–Trinajstić information content (AvgIpc) is 2.83. The first-order valence-electron chi connectivity index (χ1n) is 7.81. The minimum absolute atomic E-state index is 0.409. The van der Waals surface area contributed by atoms with Gasteiger partial charge in [0.05, 0.1) is 10.6 Å². The van der Waals surface area contributed by atoms with Crippen LogP contribution in [0.1, 0.15) is 56.0 Å². The lowest BCUT2D eigenvalue weighted by Crippen LogP contribution is -2.49. The topological polar surface area (TPSA) is 37.8 Å². The summed E-state index contributed by atoms with van der Waals surface area (Å²) in [7, 11) is 0. The van der Waals surface area contributed by atoms with Crippen LogP contribution in [0.15, 0.2) is 0 Å². The normalized spacial score (nSPS) is 39.9. The van der Waals surface area contributed by atoms with E-state index in [4.69, 9.17) is 0 Å². The second-order valence-electron chi connectivity index (χ2n) is 7.02. The van der Waals surface area contributed by atoms with Crippen LogP contribution in [0.3, 0.4) is 0 Å². The Bertz CT molecular complexity index is 432. The number of aromatic nitrogens is 2. The van der Waals surface area contributed by atoms with Crippen LogP contribution in [0.2, 0.25) is 0 Å². The lowest BCUT2D eigenvalue weighted by atomic mass is 9.48. The molecule has 4 aliphatic carbocycles. The van der Waals surface area contributed by atoms with Crippen LogP contribution < -0.4 is 5.32 Å². The van der Waals surface area contributed by atoms with Crippen molar-refractivity contribution in [1.29, 1.82) is 0 Å². The molecule has 4 bridgehead atoms. The van der Waals surface area contributed by atoms with E-state index in [0.29, 0.717) is 5.41 Å². The molecule has 3 nitrogen and oxygen atoms in total. The molecule has 0 saturated heterocycles. The Morgan fingerprint density at radius 3 is 2.37 bits per heavy atom. The van der Waals surface area contributed by atoms with Crippen molar-refractivity contribution < 1.29 is 0 Å². The van der Waals surface area contributed by atoms with Gasteiger partial charge in [0.15, 0.2) is 0 Å².